The second-order valence-electron chi connectivity index (χ2n) is 19.6. The summed E-state index contributed by atoms with van der Waals surface area (Å²) in [5.74, 6) is -2.72. The molecule has 0 heterocycles. The van der Waals surface area contributed by atoms with Crippen molar-refractivity contribution in [2.75, 3.05) is 0 Å². The number of rotatable bonds is 12. The van der Waals surface area contributed by atoms with Gasteiger partial charge in [0.25, 0.3) is 0 Å². The monoisotopic (exact) mass is 964 g/mol. The van der Waals surface area contributed by atoms with Gasteiger partial charge in [-0.25, -0.2) is 9.59 Å². The van der Waals surface area contributed by atoms with E-state index in [1.54, 1.807) is 12.1 Å². The predicted molar refractivity (Wildman–Crippen MR) is 275 cm³/mol. The van der Waals surface area contributed by atoms with Crippen LogP contribution >= 0.6 is 0 Å². The van der Waals surface area contributed by atoms with Crippen LogP contribution in [0, 0.1) is 0 Å². The minimum atomic E-state index is -1.15. The van der Waals surface area contributed by atoms with Crippen LogP contribution in [0.5, 0.6) is 11.5 Å². The van der Waals surface area contributed by atoms with Gasteiger partial charge in [0.05, 0.1) is 0 Å². The molecule has 8 aromatic carbocycles. The predicted octanol–water partition coefficient (Wildman–Crippen LogP) is 14.8. The molecule has 0 spiro atoms. The largest absolute Gasteiger partial charge is 0.506 e. The Morgan fingerprint density at radius 1 is 0.319 bits per heavy atom. The summed E-state index contributed by atoms with van der Waals surface area (Å²) in [5.41, 5.74) is 9.65. The van der Waals surface area contributed by atoms with Gasteiger partial charge >= 0.3 is 11.9 Å². The number of carbonyl (C=O) groups is 2. The van der Waals surface area contributed by atoms with E-state index in [-0.39, 0.29) is 52.9 Å². The van der Waals surface area contributed by atoms with Crippen molar-refractivity contribution in [1.82, 2.24) is 0 Å². The van der Waals surface area contributed by atoms with Crippen molar-refractivity contribution in [2.45, 2.75) is 77.0 Å². The number of hydrogen-bond acceptors (Lipinski definition) is 4. The molecule has 0 radical (unpaired) electrons. The van der Waals surface area contributed by atoms with Gasteiger partial charge in [0.1, 0.15) is 22.6 Å². The maximum Gasteiger partial charge on any atom is 0.339 e. The third-order valence-electron chi connectivity index (χ3n) is 13.9. The first-order chi connectivity index (χ1) is 32.2. The minimum Gasteiger partial charge on any atom is -0.506 e. The Morgan fingerprint density at radius 2 is 0.536 bits per heavy atom. The van der Waals surface area contributed by atoms with Gasteiger partial charge in [0, 0.05) is 52.3 Å². The van der Waals surface area contributed by atoms with Gasteiger partial charge < -0.3 is 20.4 Å². The second kappa shape index (κ2) is 20.7. The third-order valence-corrected chi connectivity index (χ3v) is 13.9. The van der Waals surface area contributed by atoms with Crippen LogP contribution in [0.4, 0.5) is 0 Å². The summed E-state index contributed by atoms with van der Waals surface area (Å²) in [5, 5.41) is 41.4. The molecule has 0 bridgehead atoms. The molecular formula is C62H60O6Zn. The molecule has 0 unspecified atom stereocenters. The molecule has 0 fully saturated rings. The molecule has 6 nitrogen and oxygen atoms in total. The number of benzene rings is 8. The van der Waals surface area contributed by atoms with Crippen molar-refractivity contribution >= 4 is 11.9 Å². The summed E-state index contributed by atoms with van der Waals surface area (Å²) in [7, 11) is 0. The summed E-state index contributed by atoms with van der Waals surface area (Å²) in [6, 6.07) is 63.6. The fourth-order valence-electron chi connectivity index (χ4n) is 8.98. The molecule has 69 heavy (non-hydrogen) atoms. The number of aromatic carboxylic acids is 2. The summed E-state index contributed by atoms with van der Waals surface area (Å²) in [4.78, 5) is 24.0. The standard InChI is InChI=1S/2C31H30O3.Zn/c2*1-30(2,22-11-7-5-8-12-22)24-17-15-21(16-18-24)26-19-25(20-27(28(26)32)29(33)34)31(3,4)23-13-9-6-10-14-23;/h2*5-20,32H,1-4H3,(H,33,34);. The molecule has 8 aromatic rings. The fourth-order valence-corrected chi connectivity index (χ4v) is 8.98. The first-order valence-electron chi connectivity index (χ1n) is 22.9. The van der Waals surface area contributed by atoms with E-state index >= 15 is 0 Å². The summed E-state index contributed by atoms with van der Waals surface area (Å²) in [6.45, 7) is 17.0. The van der Waals surface area contributed by atoms with Crippen LogP contribution in [0.25, 0.3) is 22.3 Å². The number of hydrogen-bond donors (Lipinski definition) is 4. The molecule has 7 heteroatoms. The number of carboxylic acids is 2. The van der Waals surface area contributed by atoms with Crippen LogP contribution in [-0.2, 0) is 41.1 Å². The van der Waals surface area contributed by atoms with E-state index in [0.29, 0.717) is 11.1 Å². The van der Waals surface area contributed by atoms with Crippen molar-refractivity contribution in [3.05, 3.63) is 250 Å². The van der Waals surface area contributed by atoms with Crippen molar-refractivity contribution in [3.63, 3.8) is 0 Å². The van der Waals surface area contributed by atoms with Gasteiger partial charge in [-0.2, -0.15) is 0 Å². The Hall–Kier alpha value is -7.08. The van der Waals surface area contributed by atoms with E-state index < -0.39 is 22.8 Å². The number of carboxylic acid groups (broad SMARTS) is 2. The summed E-state index contributed by atoms with van der Waals surface area (Å²) >= 11 is 0. The van der Waals surface area contributed by atoms with E-state index in [9.17, 15) is 30.0 Å². The second-order valence-corrected chi connectivity index (χ2v) is 19.6. The zero-order chi connectivity index (χ0) is 49.0. The van der Waals surface area contributed by atoms with Crippen LogP contribution in [-0.4, -0.2) is 32.4 Å². The Balaban J connectivity index is 0.000000224. The van der Waals surface area contributed by atoms with Crippen molar-refractivity contribution in [1.29, 1.82) is 0 Å². The minimum absolute atomic E-state index is 0. The van der Waals surface area contributed by atoms with E-state index in [0.717, 1.165) is 44.5 Å². The molecule has 0 aliphatic rings. The van der Waals surface area contributed by atoms with Crippen LogP contribution in [0.1, 0.15) is 121 Å². The van der Waals surface area contributed by atoms with Gasteiger partial charge in [0.15, 0.2) is 0 Å². The van der Waals surface area contributed by atoms with Crippen LogP contribution < -0.4 is 0 Å². The molecule has 0 atom stereocenters. The average molecular weight is 967 g/mol. The van der Waals surface area contributed by atoms with E-state index in [4.69, 9.17) is 0 Å². The van der Waals surface area contributed by atoms with Gasteiger partial charge in [-0.15, -0.1) is 0 Å². The van der Waals surface area contributed by atoms with Crippen LogP contribution in [0.3, 0.4) is 0 Å². The van der Waals surface area contributed by atoms with Crippen LogP contribution in [0.15, 0.2) is 194 Å². The Bertz CT molecular complexity index is 2820. The smallest absolute Gasteiger partial charge is 0.339 e. The zero-order valence-electron chi connectivity index (χ0n) is 40.8. The van der Waals surface area contributed by atoms with Gasteiger partial charge in [-0.1, -0.05) is 225 Å². The Morgan fingerprint density at radius 3 is 0.768 bits per heavy atom. The summed E-state index contributed by atoms with van der Waals surface area (Å²) < 4.78 is 0. The fraction of sp³-hybridized carbons (Fsp3) is 0.194. The molecule has 0 aliphatic carbocycles. The third kappa shape index (κ3) is 10.7. The maximum atomic E-state index is 12.0. The molecule has 0 saturated carbocycles. The first-order valence-corrected chi connectivity index (χ1v) is 22.9. The van der Waals surface area contributed by atoms with E-state index in [2.05, 4.69) is 104 Å². The van der Waals surface area contributed by atoms with Crippen molar-refractivity contribution < 1.29 is 49.5 Å². The maximum absolute atomic E-state index is 12.0. The normalized spacial score (nSPS) is 11.7. The molecule has 0 aliphatic heterocycles. The van der Waals surface area contributed by atoms with Gasteiger partial charge in [-0.3, -0.25) is 0 Å². The van der Waals surface area contributed by atoms with Gasteiger partial charge in [0.2, 0.25) is 0 Å². The van der Waals surface area contributed by atoms with Crippen molar-refractivity contribution in [3.8, 4) is 33.8 Å². The quantitative estimate of drug-likeness (QED) is 0.0907. The average Bonchev–Trinajstić information content (AvgIpc) is 3.35. The SMILES string of the molecule is CC(C)(c1ccccc1)c1ccc(-c2cc(C(C)(C)c3ccccc3)cc(C(=O)O)c2O)cc1.CC(C)(c1ccccc1)c1ccc(-c2cc(C(C)(C)c3ccccc3)cc(C(=O)O)c2O)cc1.[Zn]. The topological polar surface area (TPSA) is 115 Å². The Kier molecular flexibility index (Phi) is 15.4. The van der Waals surface area contributed by atoms with E-state index in [1.165, 1.54) is 11.1 Å². The zero-order valence-corrected chi connectivity index (χ0v) is 43.8. The summed E-state index contributed by atoms with van der Waals surface area (Å²) in [6.07, 6.45) is 0. The van der Waals surface area contributed by atoms with Gasteiger partial charge in [-0.05, 0) is 79.9 Å². The molecule has 0 aromatic heterocycles. The molecule has 346 valence electrons. The molecule has 4 N–H and O–H groups in total. The molecule has 0 saturated heterocycles. The molecular weight excluding hydrogens is 906 g/mol. The number of phenols is 2. The van der Waals surface area contributed by atoms with Crippen LogP contribution in [0.2, 0.25) is 0 Å². The van der Waals surface area contributed by atoms with E-state index in [1.807, 2.05) is 133 Å². The Labute approximate surface area is 419 Å². The molecule has 8 rings (SSSR count). The molecule has 0 amide bonds. The first kappa shape index (κ1) is 51.3. The van der Waals surface area contributed by atoms with Crippen molar-refractivity contribution in [2.24, 2.45) is 0 Å². The number of aromatic hydroxyl groups is 2.